The Labute approximate surface area is 103 Å². The van der Waals surface area contributed by atoms with Crippen LogP contribution in [0, 0.1) is 0 Å². The highest BCUT2D eigenvalue weighted by Crippen LogP contribution is 2.40. The molecule has 0 bridgehead atoms. The van der Waals surface area contributed by atoms with Crippen molar-refractivity contribution >= 4 is 15.9 Å². The smallest absolute Gasteiger partial charge is 0.131 e. The average Bonchev–Trinajstić information content (AvgIpc) is 3.13. The molecule has 1 N–H and O–H groups in total. The predicted octanol–water partition coefficient (Wildman–Crippen LogP) is 2.57. The number of aryl methyl sites for hydroxylation is 1. The molecular formula is C12H15BrN2O. The quantitative estimate of drug-likeness (QED) is 0.923. The average molecular weight is 283 g/mol. The van der Waals surface area contributed by atoms with E-state index in [1.165, 1.54) is 12.8 Å². The van der Waals surface area contributed by atoms with Crippen LogP contribution in [-0.4, -0.2) is 20.7 Å². The Morgan fingerprint density at radius 1 is 1.44 bits per heavy atom. The second kappa shape index (κ2) is 3.77. The number of hydrogen-bond acceptors (Lipinski definition) is 3. The molecule has 0 aliphatic heterocycles. The molecule has 2 fully saturated rings. The van der Waals surface area contributed by atoms with Gasteiger partial charge in [0.25, 0.3) is 0 Å². The van der Waals surface area contributed by atoms with E-state index in [-0.39, 0.29) is 5.60 Å². The second-order valence-electron chi connectivity index (χ2n) is 5.02. The van der Waals surface area contributed by atoms with Crippen molar-refractivity contribution in [1.82, 2.24) is 9.97 Å². The molecule has 0 unspecified atom stereocenters. The van der Waals surface area contributed by atoms with Gasteiger partial charge in [-0.25, -0.2) is 9.97 Å². The first-order chi connectivity index (χ1) is 7.66. The highest BCUT2D eigenvalue weighted by atomic mass is 79.9. The van der Waals surface area contributed by atoms with Gasteiger partial charge in [0.1, 0.15) is 5.82 Å². The lowest BCUT2D eigenvalue weighted by molar-refractivity contribution is 0.140. The SMILES string of the molecule is OC1(CCc2nc(C3CC3)ncc2Br)CC1. The van der Waals surface area contributed by atoms with Crippen LogP contribution in [0.25, 0.3) is 0 Å². The minimum atomic E-state index is -0.385. The van der Waals surface area contributed by atoms with Gasteiger partial charge in [0.05, 0.1) is 15.8 Å². The van der Waals surface area contributed by atoms with Crippen LogP contribution in [0.1, 0.15) is 49.5 Å². The summed E-state index contributed by atoms with van der Waals surface area (Å²) in [5.41, 5.74) is 0.668. The summed E-state index contributed by atoms with van der Waals surface area (Å²) in [7, 11) is 0. The van der Waals surface area contributed by atoms with Gasteiger partial charge in [0, 0.05) is 12.1 Å². The standard InChI is InChI=1S/C12H15BrN2O/c13-9-7-14-11(8-1-2-8)15-10(9)3-4-12(16)5-6-12/h7-8,16H,1-6H2. The molecule has 2 saturated carbocycles. The van der Waals surface area contributed by atoms with E-state index in [1.807, 2.05) is 6.20 Å². The zero-order valence-corrected chi connectivity index (χ0v) is 10.7. The molecule has 0 saturated heterocycles. The highest BCUT2D eigenvalue weighted by molar-refractivity contribution is 9.10. The first-order valence-electron chi connectivity index (χ1n) is 5.90. The monoisotopic (exact) mass is 282 g/mol. The number of halogens is 1. The van der Waals surface area contributed by atoms with Crippen molar-refractivity contribution in [3.63, 3.8) is 0 Å². The van der Waals surface area contributed by atoms with E-state index >= 15 is 0 Å². The summed E-state index contributed by atoms with van der Waals surface area (Å²) in [6.45, 7) is 0. The lowest BCUT2D eigenvalue weighted by atomic mass is 10.1. The summed E-state index contributed by atoms with van der Waals surface area (Å²) >= 11 is 3.48. The third kappa shape index (κ3) is 2.28. The molecule has 1 heterocycles. The maximum atomic E-state index is 9.81. The van der Waals surface area contributed by atoms with Gasteiger partial charge in [-0.2, -0.15) is 0 Å². The zero-order valence-electron chi connectivity index (χ0n) is 9.12. The van der Waals surface area contributed by atoms with Crippen molar-refractivity contribution in [2.24, 2.45) is 0 Å². The fourth-order valence-corrected chi connectivity index (χ4v) is 2.27. The van der Waals surface area contributed by atoms with Crippen LogP contribution >= 0.6 is 15.9 Å². The summed E-state index contributed by atoms with van der Waals surface area (Å²) in [4.78, 5) is 8.94. The fourth-order valence-electron chi connectivity index (χ4n) is 1.88. The van der Waals surface area contributed by atoms with Crippen LogP contribution in [0.5, 0.6) is 0 Å². The van der Waals surface area contributed by atoms with Crippen LogP contribution in [-0.2, 0) is 6.42 Å². The van der Waals surface area contributed by atoms with Crippen molar-refractivity contribution in [3.05, 3.63) is 22.2 Å². The molecule has 2 aliphatic rings. The molecule has 4 heteroatoms. The van der Waals surface area contributed by atoms with Crippen LogP contribution in [0.2, 0.25) is 0 Å². The molecule has 0 atom stereocenters. The molecule has 0 amide bonds. The Morgan fingerprint density at radius 2 is 2.19 bits per heavy atom. The van der Waals surface area contributed by atoms with Crippen molar-refractivity contribution in [2.75, 3.05) is 0 Å². The Balaban J connectivity index is 1.73. The third-order valence-corrected chi connectivity index (χ3v) is 4.09. The van der Waals surface area contributed by atoms with Gasteiger partial charge >= 0.3 is 0 Å². The number of hydrogen-bond donors (Lipinski definition) is 1. The third-order valence-electron chi connectivity index (χ3n) is 3.43. The number of aromatic nitrogens is 2. The molecule has 0 spiro atoms. The largest absolute Gasteiger partial charge is 0.390 e. The maximum absolute atomic E-state index is 9.81. The van der Waals surface area contributed by atoms with Crippen LogP contribution in [0.15, 0.2) is 10.7 Å². The van der Waals surface area contributed by atoms with E-state index < -0.39 is 0 Å². The number of rotatable bonds is 4. The Hall–Kier alpha value is -0.480. The molecule has 1 aromatic heterocycles. The predicted molar refractivity (Wildman–Crippen MR) is 64.2 cm³/mol. The lowest BCUT2D eigenvalue weighted by Crippen LogP contribution is -2.09. The zero-order chi connectivity index (χ0) is 11.2. The second-order valence-corrected chi connectivity index (χ2v) is 5.88. The number of nitrogens with zero attached hydrogens (tertiary/aromatic N) is 2. The van der Waals surface area contributed by atoms with Crippen molar-refractivity contribution in [2.45, 2.75) is 50.0 Å². The van der Waals surface area contributed by atoms with E-state index in [9.17, 15) is 5.11 Å². The van der Waals surface area contributed by atoms with Crippen molar-refractivity contribution in [3.8, 4) is 0 Å². The van der Waals surface area contributed by atoms with Crippen LogP contribution in [0.4, 0.5) is 0 Å². The minimum Gasteiger partial charge on any atom is -0.390 e. The molecule has 2 aliphatic carbocycles. The van der Waals surface area contributed by atoms with E-state index in [2.05, 4.69) is 25.9 Å². The highest BCUT2D eigenvalue weighted by Gasteiger charge is 2.39. The molecule has 3 rings (SSSR count). The van der Waals surface area contributed by atoms with Crippen molar-refractivity contribution < 1.29 is 5.11 Å². The lowest BCUT2D eigenvalue weighted by Gasteiger charge is -2.08. The first kappa shape index (κ1) is 10.7. The van der Waals surface area contributed by atoms with Gasteiger partial charge in [0.2, 0.25) is 0 Å². The Kier molecular flexibility index (Phi) is 2.51. The van der Waals surface area contributed by atoms with E-state index in [0.29, 0.717) is 5.92 Å². The molecule has 0 radical (unpaired) electrons. The molecule has 1 aromatic rings. The topological polar surface area (TPSA) is 46.0 Å². The molecule has 86 valence electrons. The molecule has 3 nitrogen and oxygen atoms in total. The number of aliphatic hydroxyl groups is 1. The first-order valence-corrected chi connectivity index (χ1v) is 6.69. The van der Waals surface area contributed by atoms with Gasteiger partial charge in [-0.3, -0.25) is 0 Å². The minimum absolute atomic E-state index is 0.385. The van der Waals surface area contributed by atoms with E-state index in [1.54, 1.807) is 0 Å². The Morgan fingerprint density at radius 3 is 2.81 bits per heavy atom. The summed E-state index contributed by atoms with van der Waals surface area (Å²) in [6, 6.07) is 0. The molecular weight excluding hydrogens is 268 g/mol. The van der Waals surface area contributed by atoms with E-state index in [0.717, 1.165) is 41.7 Å². The summed E-state index contributed by atoms with van der Waals surface area (Å²) in [5.74, 6) is 1.58. The normalized spacial score (nSPS) is 22.1. The summed E-state index contributed by atoms with van der Waals surface area (Å²) < 4.78 is 0.973. The molecule has 16 heavy (non-hydrogen) atoms. The van der Waals surface area contributed by atoms with Gasteiger partial charge in [-0.1, -0.05) is 0 Å². The summed E-state index contributed by atoms with van der Waals surface area (Å²) in [5, 5.41) is 9.81. The fraction of sp³-hybridized carbons (Fsp3) is 0.667. The van der Waals surface area contributed by atoms with Gasteiger partial charge in [-0.15, -0.1) is 0 Å². The summed E-state index contributed by atoms with van der Waals surface area (Å²) in [6.07, 6.45) is 7.88. The van der Waals surface area contributed by atoms with Crippen LogP contribution < -0.4 is 0 Å². The van der Waals surface area contributed by atoms with Gasteiger partial charge in [0.15, 0.2) is 0 Å². The maximum Gasteiger partial charge on any atom is 0.131 e. The molecule has 0 aromatic carbocycles. The van der Waals surface area contributed by atoms with Crippen LogP contribution in [0.3, 0.4) is 0 Å². The van der Waals surface area contributed by atoms with E-state index in [4.69, 9.17) is 0 Å². The van der Waals surface area contributed by atoms with Crippen molar-refractivity contribution in [1.29, 1.82) is 0 Å². The van der Waals surface area contributed by atoms with Gasteiger partial charge < -0.3 is 5.11 Å². The van der Waals surface area contributed by atoms with Gasteiger partial charge in [-0.05, 0) is 54.5 Å². The Bertz CT molecular complexity index is 413.